The molecule has 2 rings (SSSR count). The highest BCUT2D eigenvalue weighted by atomic mass is 16.5. The monoisotopic (exact) mass is 229 g/mol. The van der Waals surface area contributed by atoms with Crippen molar-refractivity contribution in [2.75, 3.05) is 0 Å². The van der Waals surface area contributed by atoms with Crippen LogP contribution in [0.25, 0.3) is 0 Å². The Balaban J connectivity index is 2.08. The van der Waals surface area contributed by atoms with Crippen molar-refractivity contribution in [2.45, 2.75) is 19.9 Å². The third kappa shape index (κ3) is 3.01. The van der Waals surface area contributed by atoms with E-state index in [-0.39, 0.29) is 0 Å². The zero-order valence-corrected chi connectivity index (χ0v) is 9.76. The number of rotatable bonds is 4. The quantitative estimate of drug-likeness (QED) is 0.873. The third-order valence-corrected chi connectivity index (χ3v) is 2.46. The van der Waals surface area contributed by atoms with Gasteiger partial charge in [-0.25, -0.2) is 9.97 Å². The van der Waals surface area contributed by atoms with Crippen molar-refractivity contribution in [3.8, 4) is 11.8 Å². The van der Waals surface area contributed by atoms with E-state index in [9.17, 15) is 0 Å². The standard InChI is InChI=1S/C13H15N3O/c1-2-10-3-5-12(6-4-10)17-13-15-8-11(7-14)9-16-13/h3-6,8-9H,2,7,14H2,1H3. The molecule has 0 aliphatic carbocycles. The maximum atomic E-state index is 5.51. The van der Waals surface area contributed by atoms with Gasteiger partial charge in [-0.1, -0.05) is 19.1 Å². The van der Waals surface area contributed by atoms with Crippen LogP contribution in [0, 0.1) is 0 Å². The van der Waals surface area contributed by atoms with Gasteiger partial charge in [0.1, 0.15) is 5.75 Å². The van der Waals surface area contributed by atoms with Gasteiger partial charge in [-0.15, -0.1) is 0 Å². The van der Waals surface area contributed by atoms with Crippen molar-refractivity contribution in [1.29, 1.82) is 0 Å². The molecule has 4 nitrogen and oxygen atoms in total. The molecule has 0 saturated carbocycles. The molecule has 0 bridgehead atoms. The molecule has 0 saturated heterocycles. The molecule has 1 aromatic heterocycles. The van der Waals surface area contributed by atoms with Crippen LogP contribution >= 0.6 is 0 Å². The normalized spacial score (nSPS) is 10.2. The Kier molecular flexibility index (Phi) is 3.67. The fourth-order valence-corrected chi connectivity index (χ4v) is 1.40. The van der Waals surface area contributed by atoms with Crippen LogP contribution in [0.2, 0.25) is 0 Å². The maximum absolute atomic E-state index is 5.51. The molecule has 0 radical (unpaired) electrons. The van der Waals surface area contributed by atoms with Gasteiger partial charge in [-0.2, -0.15) is 0 Å². The lowest BCUT2D eigenvalue weighted by Gasteiger charge is -2.04. The van der Waals surface area contributed by atoms with Crippen molar-refractivity contribution in [3.63, 3.8) is 0 Å². The Labute approximate surface area is 100 Å². The highest BCUT2D eigenvalue weighted by Gasteiger charge is 2.00. The molecular formula is C13H15N3O. The molecule has 0 aliphatic heterocycles. The minimum Gasteiger partial charge on any atom is -0.424 e. The molecule has 0 spiro atoms. The van der Waals surface area contributed by atoms with Crippen molar-refractivity contribution in [1.82, 2.24) is 9.97 Å². The summed E-state index contributed by atoms with van der Waals surface area (Å²) < 4.78 is 5.51. The summed E-state index contributed by atoms with van der Waals surface area (Å²) in [6, 6.07) is 8.23. The number of benzene rings is 1. The summed E-state index contributed by atoms with van der Waals surface area (Å²) in [6.07, 6.45) is 4.35. The van der Waals surface area contributed by atoms with E-state index in [0.29, 0.717) is 12.6 Å². The first-order chi connectivity index (χ1) is 8.31. The smallest absolute Gasteiger partial charge is 0.321 e. The van der Waals surface area contributed by atoms with Crippen LogP contribution < -0.4 is 10.5 Å². The van der Waals surface area contributed by atoms with Crippen LogP contribution in [0.3, 0.4) is 0 Å². The average Bonchev–Trinajstić information content (AvgIpc) is 2.40. The number of nitrogens with zero attached hydrogens (tertiary/aromatic N) is 2. The number of hydrogen-bond acceptors (Lipinski definition) is 4. The van der Waals surface area contributed by atoms with Gasteiger partial charge < -0.3 is 10.5 Å². The summed E-state index contributed by atoms with van der Waals surface area (Å²) in [4.78, 5) is 8.15. The minimum absolute atomic E-state index is 0.339. The number of ether oxygens (including phenoxy) is 1. The highest BCUT2D eigenvalue weighted by Crippen LogP contribution is 2.18. The Morgan fingerprint density at radius 2 is 1.71 bits per heavy atom. The van der Waals surface area contributed by atoms with E-state index in [4.69, 9.17) is 10.5 Å². The Morgan fingerprint density at radius 1 is 1.06 bits per heavy atom. The van der Waals surface area contributed by atoms with Gasteiger partial charge in [0.15, 0.2) is 0 Å². The number of aryl methyl sites for hydroxylation is 1. The largest absolute Gasteiger partial charge is 0.424 e. The zero-order chi connectivity index (χ0) is 12.1. The van der Waals surface area contributed by atoms with Crippen molar-refractivity contribution < 1.29 is 4.74 Å². The fourth-order valence-electron chi connectivity index (χ4n) is 1.40. The predicted molar refractivity (Wildman–Crippen MR) is 65.8 cm³/mol. The molecule has 0 amide bonds. The number of aromatic nitrogens is 2. The first-order valence-electron chi connectivity index (χ1n) is 5.59. The Hall–Kier alpha value is -1.94. The first kappa shape index (κ1) is 11.5. The van der Waals surface area contributed by atoms with Gasteiger partial charge in [-0.05, 0) is 24.1 Å². The van der Waals surface area contributed by atoms with Gasteiger partial charge >= 0.3 is 6.01 Å². The molecule has 88 valence electrons. The summed E-state index contributed by atoms with van der Waals surface area (Å²) in [6.45, 7) is 2.55. The summed E-state index contributed by atoms with van der Waals surface area (Å²) in [5.41, 5.74) is 7.63. The fraction of sp³-hybridized carbons (Fsp3) is 0.231. The third-order valence-electron chi connectivity index (χ3n) is 2.46. The van der Waals surface area contributed by atoms with Crippen LogP contribution in [-0.4, -0.2) is 9.97 Å². The van der Waals surface area contributed by atoms with Gasteiger partial charge in [0.05, 0.1) is 0 Å². The molecule has 0 fully saturated rings. The first-order valence-corrected chi connectivity index (χ1v) is 5.59. The van der Waals surface area contributed by atoms with E-state index in [0.717, 1.165) is 17.7 Å². The lowest BCUT2D eigenvalue weighted by molar-refractivity contribution is 0.441. The van der Waals surface area contributed by atoms with Crippen LogP contribution in [0.5, 0.6) is 11.8 Å². The lowest BCUT2D eigenvalue weighted by atomic mass is 10.2. The molecular weight excluding hydrogens is 214 g/mol. The zero-order valence-electron chi connectivity index (χ0n) is 9.76. The SMILES string of the molecule is CCc1ccc(Oc2ncc(CN)cn2)cc1. The van der Waals surface area contributed by atoms with Crippen LogP contribution in [0.1, 0.15) is 18.1 Å². The molecule has 1 aromatic carbocycles. The van der Waals surface area contributed by atoms with Crippen LogP contribution in [0.4, 0.5) is 0 Å². The molecule has 17 heavy (non-hydrogen) atoms. The second-order valence-corrected chi connectivity index (χ2v) is 3.68. The second-order valence-electron chi connectivity index (χ2n) is 3.68. The van der Waals surface area contributed by atoms with Gasteiger partial charge in [0, 0.05) is 24.5 Å². The Morgan fingerprint density at radius 3 is 2.24 bits per heavy atom. The summed E-state index contributed by atoms with van der Waals surface area (Å²) in [5, 5.41) is 0. The van der Waals surface area contributed by atoms with Crippen molar-refractivity contribution >= 4 is 0 Å². The average molecular weight is 229 g/mol. The molecule has 0 atom stereocenters. The van der Waals surface area contributed by atoms with Crippen LogP contribution in [0.15, 0.2) is 36.7 Å². The number of hydrogen-bond donors (Lipinski definition) is 1. The molecule has 0 unspecified atom stereocenters. The van der Waals surface area contributed by atoms with Gasteiger partial charge in [0.2, 0.25) is 0 Å². The van der Waals surface area contributed by atoms with Crippen molar-refractivity contribution in [2.24, 2.45) is 5.73 Å². The van der Waals surface area contributed by atoms with E-state index < -0.39 is 0 Å². The summed E-state index contributed by atoms with van der Waals surface area (Å²) >= 11 is 0. The molecule has 2 N–H and O–H groups in total. The van der Waals surface area contributed by atoms with Gasteiger partial charge in [-0.3, -0.25) is 0 Å². The summed E-state index contributed by atoms with van der Waals surface area (Å²) in [5.74, 6) is 0.739. The van der Waals surface area contributed by atoms with E-state index in [1.165, 1.54) is 5.56 Å². The molecule has 4 heteroatoms. The predicted octanol–water partition coefficient (Wildman–Crippen LogP) is 2.29. The Bertz CT molecular complexity index is 420. The lowest BCUT2D eigenvalue weighted by Crippen LogP contribution is -1.99. The van der Waals surface area contributed by atoms with Gasteiger partial charge in [0.25, 0.3) is 0 Å². The van der Waals surface area contributed by atoms with Crippen molar-refractivity contribution in [3.05, 3.63) is 47.8 Å². The molecule has 1 heterocycles. The maximum Gasteiger partial charge on any atom is 0.321 e. The topological polar surface area (TPSA) is 61.0 Å². The van der Waals surface area contributed by atoms with E-state index >= 15 is 0 Å². The van der Waals surface area contributed by atoms with Crippen LogP contribution in [-0.2, 0) is 13.0 Å². The van der Waals surface area contributed by atoms with E-state index in [1.54, 1.807) is 12.4 Å². The second kappa shape index (κ2) is 5.41. The molecule has 2 aromatic rings. The highest BCUT2D eigenvalue weighted by molar-refractivity contribution is 5.29. The summed E-state index contributed by atoms with van der Waals surface area (Å²) in [7, 11) is 0. The molecule has 0 aliphatic rings. The van der Waals surface area contributed by atoms with E-state index in [2.05, 4.69) is 16.9 Å². The van der Waals surface area contributed by atoms with E-state index in [1.807, 2.05) is 24.3 Å². The minimum atomic E-state index is 0.339. The number of nitrogens with two attached hydrogens (primary N) is 1.